The van der Waals surface area contributed by atoms with E-state index in [0.29, 0.717) is 31.0 Å². The number of nitrogens with zero attached hydrogens (tertiary/aromatic N) is 5. The minimum absolute atomic E-state index is 0.272. The maximum atomic E-state index is 15.0. The lowest BCUT2D eigenvalue weighted by atomic mass is 9.98. The Morgan fingerprint density at radius 1 is 0.969 bits per heavy atom. The Labute approximate surface area is 185 Å². The lowest BCUT2D eigenvalue weighted by molar-refractivity contribution is 0.466. The van der Waals surface area contributed by atoms with E-state index in [0.717, 1.165) is 41.5 Å². The molecule has 0 fully saturated rings. The Balaban J connectivity index is 1.64. The quantitative estimate of drug-likeness (QED) is 0.422. The lowest BCUT2D eigenvalue weighted by Crippen LogP contribution is -2.26. The summed E-state index contributed by atoms with van der Waals surface area (Å²) in [5.74, 6) is 0.209. The van der Waals surface area contributed by atoms with E-state index in [4.69, 9.17) is 0 Å². The Hall–Kier alpha value is -3.55. The third kappa shape index (κ3) is 4.26. The molecule has 0 radical (unpaired) electrons. The highest BCUT2D eigenvalue weighted by Gasteiger charge is 2.19. The van der Waals surface area contributed by atoms with Crippen LogP contribution in [0.5, 0.6) is 0 Å². The molecular weight excluding hydrogens is 407 g/mol. The van der Waals surface area contributed by atoms with Crippen molar-refractivity contribution in [3.63, 3.8) is 0 Å². The zero-order valence-corrected chi connectivity index (χ0v) is 18.4. The summed E-state index contributed by atoms with van der Waals surface area (Å²) < 4.78 is 17.8. The number of tetrazole rings is 1. The van der Waals surface area contributed by atoms with Crippen LogP contribution in [-0.2, 0) is 19.5 Å². The van der Waals surface area contributed by atoms with E-state index in [1.807, 2.05) is 62.4 Å². The maximum absolute atomic E-state index is 15.0. The van der Waals surface area contributed by atoms with Crippen molar-refractivity contribution >= 4 is 0 Å². The molecule has 0 aliphatic carbocycles. The summed E-state index contributed by atoms with van der Waals surface area (Å²) in [7, 11) is 0. The fourth-order valence-corrected chi connectivity index (χ4v) is 3.95. The van der Waals surface area contributed by atoms with Gasteiger partial charge in [-0.25, -0.2) is 9.89 Å². The van der Waals surface area contributed by atoms with Crippen LogP contribution in [-0.4, -0.2) is 29.8 Å². The second-order valence-corrected chi connectivity index (χ2v) is 7.85. The highest BCUT2D eigenvalue weighted by molar-refractivity contribution is 5.80. The van der Waals surface area contributed by atoms with Crippen molar-refractivity contribution in [3.05, 3.63) is 76.2 Å². The van der Waals surface area contributed by atoms with Crippen molar-refractivity contribution < 1.29 is 4.39 Å². The van der Waals surface area contributed by atoms with Crippen LogP contribution in [0.3, 0.4) is 0 Å². The zero-order valence-electron chi connectivity index (χ0n) is 18.4. The maximum Gasteiger partial charge on any atom is 0.330 e. The molecule has 2 aromatic heterocycles. The summed E-state index contributed by atoms with van der Waals surface area (Å²) in [5, 5.41) is 14.2. The van der Waals surface area contributed by atoms with Crippen LogP contribution >= 0.6 is 0 Å². The third-order valence-electron chi connectivity index (χ3n) is 5.62. The minimum atomic E-state index is -0.392. The first kappa shape index (κ1) is 21.7. The summed E-state index contributed by atoms with van der Waals surface area (Å²) in [4.78, 5) is 12.9. The van der Waals surface area contributed by atoms with Gasteiger partial charge in [0.05, 0.1) is 12.2 Å². The molecule has 1 N–H and O–H groups in total. The molecule has 0 spiro atoms. The van der Waals surface area contributed by atoms with Gasteiger partial charge in [0.1, 0.15) is 0 Å². The molecule has 2 heterocycles. The van der Waals surface area contributed by atoms with E-state index in [1.54, 1.807) is 4.57 Å². The number of hydrogen-bond acceptors (Lipinski definition) is 4. The number of aromatic nitrogens is 6. The first-order chi connectivity index (χ1) is 15.6. The van der Waals surface area contributed by atoms with Gasteiger partial charge in [-0.2, -0.15) is 4.39 Å². The fraction of sp³-hybridized carbons (Fsp3) is 0.333. The second-order valence-electron chi connectivity index (χ2n) is 7.85. The number of hydrogen-bond donors (Lipinski definition) is 1. The van der Waals surface area contributed by atoms with Crippen molar-refractivity contribution in [1.29, 1.82) is 0 Å². The monoisotopic (exact) mass is 434 g/mol. The highest BCUT2D eigenvalue weighted by atomic mass is 19.1. The molecule has 0 aliphatic heterocycles. The van der Waals surface area contributed by atoms with Crippen LogP contribution in [0.1, 0.15) is 44.4 Å². The number of imidazole rings is 1. The third-order valence-corrected chi connectivity index (χ3v) is 5.62. The van der Waals surface area contributed by atoms with E-state index < -0.39 is 5.95 Å². The average molecular weight is 435 g/mol. The number of H-pyrrole nitrogens is 1. The van der Waals surface area contributed by atoms with Crippen molar-refractivity contribution in [2.45, 2.75) is 52.6 Å². The van der Waals surface area contributed by atoms with E-state index in [9.17, 15) is 9.18 Å². The topological polar surface area (TPSA) is 81.4 Å². The van der Waals surface area contributed by atoms with Crippen LogP contribution < -0.4 is 5.69 Å². The van der Waals surface area contributed by atoms with E-state index in [1.165, 1.54) is 4.57 Å². The van der Waals surface area contributed by atoms with Crippen LogP contribution in [0.25, 0.3) is 22.5 Å². The molecule has 0 unspecified atom stereocenters. The second kappa shape index (κ2) is 9.72. The molecule has 0 aliphatic rings. The smallest absolute Gasteiger partial charge is 0.289 e. The van der Waals surface area contributed by atoms with E-state index >= 15 is 0 Å². The molecule has 4 rings (SSSR count). The van der Waals surface area contributed by atoms with Gasteiger partial charge in [-0.05, 0) is 40.0 Å². The van der Waals surface area contributed by atoms with Gasteiger partial charge >= 0.3 is 5.69 Å². The molecule has 8 heteroatoms. The number of aromatic amines is 1. The zero-order chi connectivity index (χ0) is 22.5. The molecule has 0 atom stereocenters. The normalized spacial score (nSPS) is 11.2. The van der Waals surface area contributed by atoms with Crippen molar-refractivity contribution in [2.75, 3.05) is 0 Å². The number of halogens is 1. The molecule has 0 bridgehead atoms. The minimum Gasteiger partial charge on any atom is -0.289 e. The van der Waals surface area contributed by atoms with Crippen LogP contribution in [0.2, 0.25) is 0 Å². The van der Waals surface area contributed by atoms with Gasteiger partial charge in [0, 0.05) is 12.1 Å². The predicted octanol–water partition coefficient (Wildman–Crippen LogP) is 4.44. The van der Waals surface area contributed by atoms with Crippen LogP contribution in [0, 0.1) is 5.95 Å². The van der Waals surface area contributed by atoms with Crippen molar-refractivity contribution in [2.24, 2.45) is 0 Å². The van der Waals surface area contributed by atoms with E-state index in [-0.39, 0.29) is 5.69 Å². The van der Waals surface area contributed by atoms with Gasteiger partial charge in [0.15, 0.2) is 5.82 Å². The van der Waals surface area contributed by atoms with Gasteiger partial charge < -0.3 is 0 Å². The SMILES string of the molecule is CCCCn1c(F)c(CCC)n(Cc2ccc(-c3ccccc3-c3nnn[nH]3)cc2)c1=O. The van der Waals surface area contributed by atoms with Gasteiger partial charge in [-0.1, -0.05) is 75.2 Å². The van der Waals surface area contributed by atoms with Crippen molar-refractivity contribution in [3.8, 4) is 22.5 Å². The Morgan fingerprint density at radius 3 is 2.38 bits per heavy atom. The fourth-order valence-electron chi connectivity index (χ4n) is 3.95. The first-order valence-corrected chi connectivity index (χ1v) is 11.0. The molecule has 166 valence electrons. The van der Waals surface area contributed by atoms with Gasteiger partial charge in [0.25, 0.3) is 0 Å². The van der Waals surface area contributed by atoms with Gasteiger partial charge in [0.2, 0.25) is 5.95 Å². The van der Waals surface area contributed by atoms with Crippen molar-refractivity contribution in [1.82, 2.24) is 29.8 Å². The molecule has 0 amide bonds. The van der Waals surface area contributed by atoms with Gasteiger partial charge in [-0.3, -0.25) is 9.13 Å². The predicted molar refractivity (Wildman–Crippen MR) is 122 cm³/mol. The summed E-state index contributed by atoms with van der Waals surface area (Å²) in [6, 6.07) is 15.9. The average Bonchev–Trinajstić information content (AvgIpc) is 3.43. The summed E-state index contributed by atoms with van der Waals surface area (Å²) in [5.41, 5.74) is 4.07. The number of nitrogens with one attached hydrogen (secondary N) is 1. The standard InChI is InChI=1S/C24H27FN6O/c1-3-5-15-30-22(25)21(8-4-2)31(24(30)32)16-17-11-13-18(14-12-17)19-9-6-7-10-20(19)23-26-28-29-27-23/h6-7,9-14H,3-5,8,15-16H2,1-2H3,(H,26,27,28,29). The molecule has 0 saturated carbocycles. The number of rotatable bonds is 9. The molecular formula is C24H27FN6O. The summed E-state index contributed by atoms with van der Waals surface area (Å²) in [6.45, 7) is 4.79. The van der Waals surface area contributed by atoms with E-state index in [2.05, 4.69) is 20.6 Å². The Morgan fingerprint density at radius 2 is 1.72 bits per heavy atom. The van der Waals surface area contributed by atoms with Crippen LogP contribution in [0.15, 0.2) is 53.3 Å². The molecule has 4 aromatic rings. The highest BCUT2D eigenvalue weighted by Crippen LogP contribution is 2.29. The largest absolute Gasteiger partial charge is 0.330 e. The molecule has 7 nitrogen and oxygen atoms in total. The Kier molecular flexibility index (Phi) is 6.58. The van der Waals surface area contributed by atoms with Gasteiger partial charge in [-0.15, -0.1) is 5.10 Å². The van der Waals surface area contributed by atoms with Crippen LogP contribution in [0.4, 0.5) is 4.39 Å². The summed E-state index contributed by atoms with van der Waals surface area (Å²) >= 11 is 0. The number of benzene rings is 2. The lowest BCUT2D eigenvalue weighted by Gasteiger charge is -2.10. The molecule has 0 saturated heterocycles. The Bertz CT molecular complexity index is 1220. The molecule has 32 heavy (non-hydrogen) atoms. The first-order valence-electron chi connectivity index (χ1n) is 11.0. The number of unbranched alkanes of at least 4 members (excludes halogenated alkanes) is 1. The summed E-state index contributed by atoms with van der Waals surface area (Å²) in [6.07, 6.45) is 3.01. The molecule has 2 aromatic carbocycles.